The van der Waals surface area contributed by atoms with E-state index in [1.165, 1.54) is 38.6 Å². The summed E-state index contributed by atoms with van der Waals surface area (Å²) in [5.41, 5.74) is 9.93. The number of likely N-dealkylation sites (N-methyl/N-ethyl adjacent to an activating group) is 1. The van der Waals surface area contributed by atoms with Crippen LogP contribution >= 0.6 is 0 Å². The molecular weight excluding hydrogens is 454 g/mol. The topological polar surface area (TPSA) is 33.3 Å². The number of rotatable bonds is 5. The highest BCUT2D eigenvalue weighted by Crippen LogP contribution is 2.35. The fourth-order valence-corrected chi connectivity index (χ4v) is 5.42. The first-order valence-electron chi connectivity index (χ1n) is 13.8. The Morgan fingerprint density at radius 1 is 1.00 bits per heavy atom. The minimum Gasteiger partial charge on any atom is -0.460 e. The second-order valence-electron chi connectivity index (χ2n) is 8.99. The Morgan fingerprint density at radius 3 is 2.59 bits per heavy atom. The highest BCUT2D eigenvalue weighted by molar-refractivity contribution is 5.97. The smallest absolute Gasteiger partial charge is 0.136 e. The average molecular weight is 496 g/mol. The van der Waals surface area contributed by atoms with Crippen molar-refractivity contribution in [3.63, 3.8) is 0 Å². The van der Waals surface area contributed by atoms with Crippen molar-refractivity contribution in [3.8, 4) is 0 Å². The summed E-state index contributed by atoms with van der Waals surface area (Å²) in [6.45, 7) is 12.8. The number of benzene rings is 1. The van der Waals surface area contributed by atoms with Crippen LogP contribution in [0, 0.1) is 0 Å². The number of fused-ring (bicyclic) bond motifs is 6. The van der Waals surface area contributed by atoms with Crippen molar-refractivity contribution >= 4 is 40.5 Å². The number of hydrogen-bond acceptors (Lipinski definition) is 3. The highest BCUT2D eigenvalue weighted by atomic mass is 16.3. The molecule has 2 aromatic heterocycles. The monoisotopic (exact) mass is 495 g/mol. The molecular formula is C33H41N3O. The molecule has 4 heteroatoms. The number of furan rings is 1. The van der Waals surface area contributed by atoms with Crippen molar-refractivity contribution in [1.82, 2.24) is 4.68 Å². The van der Waals surface area contributed by atoms with Crippen LogP contribution in [0.1, 0.15) is 63.8 Å². The van der Waals surface area contributed by atoms with Gasteiger partial charge in [0.1, 0.15) is 17.0 Å². The van der Waals surface area contributed by atoms with Gasteiger partial charge < -0.3 is 14.7 Å². The third kappa shape index (κ3) is 4.85. The van der Waals surface area contributed by atoms with E-state index in [0.29, 0.717) is 0 Å². The number of anilines is 1. The van der Waals surface area contributed by atoms with Crippen LogP contribution in [0.4, 0.5) is 5.82 Å². The van der Waals surface area contributed by atoms with Gasteiger partial charge in [0.05, 0.1) is 11.6 Å². The van der Waals surface area contributed by atoms with Crippen LogP contribution in [0.3, 0.4) is 0 Å². The number of hydrogen-bond donors (Lipinski definition) is 1. The van der Waals surface area contributed by atoms with E-state index in [4.69, 9.17) is 4.42 Å². The Kier molecular flexibility index (Phi) is 8.60. The van der Waals surface area contributed by atoms with E-state index in [9.17, 15) is 0 Å². The normalized spacial score (nSPS) is 16.0. The van der Waals surface area contributed by atoms with Crippen LogP contribution in [0.5, 0.6) is 0 Å². The molecule has 0 spiro atoms. The molecule has 1 aromatic carbocycles. The zero-order chi connectivity index (χ0) is 26.4. The van der Waals surface area contributed by atoms with Gasteiger partial charge in [-0.25, -0.2) is 4.68 Å². The lowest BCUT2D eigenvalue weighted by Gasteiger charge is -2.28. The van der Waals surface area contributed by atoms with Gasteiger partial charge in [-0.05, 0) is 25.3 Å². The van der Waals surface area contributed by atoms with E-state index in [0.717, 1.165) is 43.4 Å². The average Bonchev–Trinajstić information content (AvgIpc) is 3.50. The van der Waals surface area contributed by atoms with Gasteiger partial charge in [0, 0.05) is 47.3 Å². The van der Waals surface area contributed by atoms with E-state index in [1.807, 2.05) is 39.8 Å². The summed E-state index contributed by atoms with van der Waals surface area (Å²) in [6, 6.07) is 8.61. The van der Waals surface area contributed by atoms with Gasteiger partial charge in [-0.15, -0.1) is 0 Å². The number of nitrogens with one attached hydrogen (secondary N) is 1. The van der Waals surface area contributed by atoms with Crippen LogP contribution in [0.25, 0.3) is 34.7 Å². The summed E-state index contributed by atoms with van der Waals surface area (Å²) in [6.07, 6.45) is 21.4. The third-order valence-corrected chi connectivity index (χ3v) is 6.93. The van der Waals surface area contributed by atoms with Crippen molar-refractivity contribution in [1.29, 1.82) is 0 Å². The van der Waals surface area contributed by atoms with Crippen molar-refractivity contribution in [2.24, 2.45) is 0 Å². The molecule has 0 bridgehead atoms. The highest BCUT2D eigenvalue weighted by Gasteiger charge is 2.25. The van der Waals surface area contributed by atoms with Crippen LogP contribution < -0.4 is 21.0 Å². The molecule has 1 N–H and O–H groups in total. The van der Waals surface area contributed by atoms with E-state index in [1.54, 1.807) is 0 Å². The van der Waals surface area contributed by atoms with Gasteiger partial charge in [-0.2, -0.15) is 0 Å². The summed E-state index contributed by atoms with van der Waals surface area (Å²) in [5, 5.41) is 2.52. The number of aromatic nitrogens is 1. The zero-order valence-corrected chi connectivity index (χ0v) is 23.1. The maximum atomic E-state index is 6.49. The predicted molar refractivity (Wildman–Crippen MR) is 162 cm³/mol. The minimum absolute atomic E-state index is 0.00811. The lowest BCUT2D eigenvalue weighted by Crippen LogP contribution is -2.38. The maximum absolute atomic E-state index is 6.49. The molecule has 0 saturated heterocycles. The van der Waals surface area contributed by atoms with Gasteiger partial charge in [0.15, 0.2) is 0 Å². The minimum atomic E-state index is -0.00811. The van der Waals surface area contributed by atoms with Gasteiger partial charge >= 0.3 is 0 Å². The summed E-state index contributed by atoms with van der Waals surface area (Å²) in [7, 11) is 2.15. The standard InChI is InChI=1S/C29H29N3O.2C2H6/c1-3-4-16-25(24-14-9-13-22-21-12-6-8-18-27(21)33-28(22)24)30-32-26-17-7-5-11-20(26)23-15-10-19-31(2)29(23)32;2*1-2/h3-7,10-13,15-17,25,30H,1,8-9,14,18-19H2,2H3;2*1-2H3/b16-4-;;. The predicted octanol–water partition coefficient (Wildman–Crippen LogP) is 6.79. The van der Waals surface area contributed by atoms with E-state index in [2.05, 4.69) is 89.4 Å². The Balaban J connectivity index is 0.000000765. The largest absolute Gasteiger partial charge is 0.460 e. The molecule has 0 amide bonds. The molecule has 194 valence electrons. The molecule has 37 heavy (non-hydrogen) atoms. The molecule has 3 aromatic rings. The number of para-hydroxylation sites is 1. The summed E-state index contributed by atoms with van der Waals surface area (Å²) >= 11 is 0. The summed E-state index contributed by atoms with van der Waals surface area (Å²) in [4.78, 5) is 2.30. The van der Waals surface area contributed by atoms with Crippen LogP contribution in [-0.4, -0.2) is 24.3 Å². The van der Waals surface area contributed by atoms with Crippen molar-refractivity contribution in [2.75, 3.05) is 23.9 Å². The zero-order valence-electron chi connectivity index (χ0n) is 23.1. The van der Waals surface area contributed by atoms with Crippen molar-refractivity contribution in [3.05, 3.63) is 88.7 Å². The van der Waals surface area contributed by atoms with Gasteiger partial charge in [-0.3, -0.25) is 0 Å². The van der Waals surface area contributed by atoms with Crippen LogP contribution in [0.15, 0.2) is 65.6 Å². The Hall–Kier alpha value is -3.66. The molecule has 0 radical (unpaired) electrons. The number of nitrogens with zero attached hydrogens (tertiary/aromatic N) is 2. The maximum Gasteiger partial charge on any atom is 0.136 e. The first-order valence-corrected chi connectivity index (χ1v) is 13.8. The second-order valence-corrected chi connectivity index (χ2v) is 8.99. The number of allylic oxidation sites excluding steroid dienone is 3. The molecule has 4 nitrogen and oxygen atoms in total. The van der Waals surface area contributed by atoms with Crippen molar-refractivity contribution in [2.45, 2.75) is 59.4 Å². The van der Waals surface area contributed by atoms with E-state index < -0.39 is 0 Å². The van der Waals surface area contributed by atoms with E-state index in [-0.39, 0.29) is 6.04 Å². The summed E-state index contributed by atoms with van der Waals surface area (Å²) in [5.74, 6) is 2.32. The second kappa shape index (κ2) is 12.1. The van der Waals surface area contributed by atoms with Crippen LogP contribution in [-0.2, 0) is 6.42 Å². The molecule has 1 unspecified atom stereocenters. The molecule has 0 saturated carbocycles. The molecule has 1 atom stereocenters. The quantitative estimate of drug-likeness (QED) is 0.396. The SMILES string of the molecule is C=C/C=C\C(Nn1c2c(c3ccccc31)C=CCN2C)C1=c2oc3c(c2=CCC1)C=CCC3.CC.CC. The first kappa shape index (κ1) is 26.4. The Labute approximate surface area is 221 Å². The lowest BCUT2D eigenvalue weighted by atomic mass is 9.95. The first-order chi connectivity index (χ1) is 18.3. The third-order valence-electron chi connectivity index (χ3n) is 6.93. The Morgan fingerprint density at radius 2 is 1.78 bits per heavy atom. The van der Waals surface area contributed by atoms with Gasteiger partial charge in [-0.1, -0.05) is 101 Å². The molecule has 3 aliphatic rings. The van der Waals surface area contributed by atoms with Crippen molar-refractivity contribution < 1.29 is 4.42 Å². The fraction of sp³-hybridized carbons (Fsp3) is 0.333. The fourth-order valence-electron chi connectivity index (χ4n) is 5.42. The molecule has 3 heterocycles. The molecule has 6 rings (SSSR count). The van der Waals surface area contributed by atoms with E-state index >= 15 is 0 Å². The molecule has 2 aliphatic carbocycles. The lowest BCUT2D eigenvalue weighted by molar-refractivity contribution is 0.472. The summed E-state index contributed by atoms with van der Waals surface area (Å²) < 4.78 is 8.76. The van der Waals surface area contributed by atoms with Crippen LogP contribution in [0.2, 0.25) is 0 Å². The number of aryl methyl sites for hydroxylation is 1. The van der Waals surface area contributed by atoms with Gasteiger partial charge in [0.25, 0.3) is 0 Å². The Bertz CT molecular complexity index is 1460. The van der Waals surface area contributed by atoms with Gasteiger partial charge in [0.2, 0.25) is 0 Å². The molecule has 1 aliphatic heterocycles. The molecule has 0 fully saturated rings.